The van der Waals surface area contributed by atoms with Crippen LogP contribution in [0.3, 0.4) is 0 Å². The summed E-state index contributed by atoms with van der Waals surface area (Å²) in [5.74, 6) is 0.291. The van der Waals surface area contributed by atoms with Gasteiger partial charge in [0.1, 0.15) is 17.9 Å². The highest BCUT2D eigenvalue weighted by Crippen LogP contribution is 2.32. The molecule has 3 aromatic rings. The first kappa shape index (κ1) is 18.7. The highest BCUT2D eigenvalue weighted by atomic mass is 16.5. The minimum Gasteiger partial charge on any atom is -0.480 e. The van der Waals surface area contributed by atoms with E-state index in [2.05, 4.69) is 19.9 Å². The van der Waals surface area contributed by atoms with E-state index in [0.717, 1.165) is 10.9 Å². The van der Waals surface area contributed by atoms with Crippen LogP contribution in [0, 0.1) is 11.3 Å². The molecule has 1 atom stereocenters. The van der Waals surface area contributed by atoms with Crippen molar-refractivity contribution in [2.75, 3.05) is 37.7 Å². The van der Waals surface area contributed by atoms with E-state index in [9.17, 15) is 9.90 Å². The zero-order chi connectivity index (χ0) is 20.2. The van der Waals surface area contributed by atoms with Gasteiger partial charge in [-0.15, -0.1) is 0 Å². The Morgan fingerprint density at radius 1 is 1.28 bits per heavy atom. The van der Waals surface area contributed by atoms with E-state index in [4.69, 9.17) is 10.00 Å². The summed E-state index contributed by atoms with van der Waals surface area (Å²) in [4.78, 5) is 27.9. The van der Waals surface area contributed by atoms with Gasteiger partial charge in [-0.1, -0.05) is 0 Å². The van der Waals surface area contributed by atoms with Crippen LogP contribution in [0.1, 0.15) is 11.6 Å². The summed E-state index contributed by atoms with van der Waals surface area (Å²) in [5.41, 5.74) is 1.51. The minimum atomic E-state index is -0.904. The average Bonchev–Trinajstić information content (AvgIpc) is 3.16. The molecule has 0 aliphatic carbocycles. The van der Waals surface area contributed by atoms with E-state index in [-0.39, 0.29) is 6.61 Å². The second-order valence-corrected chi connectivity index (χ2v) is 6.71. The second kappa shape index (κ2) is 8.16. The molecule has 4 rings (SSSR count). The summed E-state index contributed by atoms with van der Waals surface area (Å²) in [6.45, 7) is 2.38. The molecule has 1 fully saturated rings. The Labute approximate surface area is 167 Å². The van der Waals surface area contributed by atoms with Gasteiger partial charge >= 0.3 is 5.97 Å². The number of aromatic amines is 1. The van der Waals surface area contributed by atoms with Crippen molar-refractivity contribution in [1.29, 1.82) is 5.26 Å². The molecule has 1 unspecified atom stereocenters. The van der Waals surface area contributed by atoms with Crippen LogP contribution < -0.4 is 9.64 Å². The molecular formula is C20H20N6O3. The van der Waals surface area contributed by atoms with Crippen LogP contribution in [0.25, 0.3) is 10.9 Å². The number of hydrogen-bond donors (Lipinski definition) is 2. The molecule has 0 bridgehead atoms. The molecule has 29 heavy (non-hydrogen) atoms. The predicted octanol–water partition coefficient (Wildman–Crippen LogP) is 1.81. The lowest BCUT2D eigenvalue weighted by Crippen LogP contribution is -2.49. The van der Waals surface area contributed by atoms with Gasteiger partial charge in [0, 0.05) is 61.2 Å². The molecule has 0 amide bonds. The molecule has 9 nitrogen and oxygen atoms in total. The zero-order valence-corrected chi connectivity index (χ0v) is 15.7. The Morgan fingerprint density at radius 3 is 2.72 bits per heavy atom. The summed E-state index contributed by atoms with van der Waals surface area (Å²) in [7, 11) is 0. The normalized spacial score (nSPS) is 15.8. The van der Waals surface area contributed by atoms with Gasteiger partial charge in [0.05, 0.1) is 0 Å². The van der Waals surface area contributed by atoms with Crippen molar-refractivity contribution in [1.82, 2.24) is 19.9 Å². The first-order valence-electron chi connectivity index (χ1n) is 9.27. The summed E-state index contributed by atoms with van der Waals surface area (Å²) in [6.07, 6.45) is 5.14. The molecule has 2 N–H and O–H groups in total. The molecule has 1 aliphatic rings. The number of carboxylic acid groups (broad SMARTS) is 1. The van der Waals surface area contributed by atoms with Crippen molar-refractivity contribution in [3.05, 3.63) is 48.4 Å². The molecule has 0 saturated carbocycles. The fourth-order valence-electron chi connectivity index (χ4n) is 3.67. The van der Waals surface area contributed by atoms with Gasteiger partial charge in [-0.3, -0.25) is 9.69 Å². The van der Waals surface area contributed by atoms with Crippen LogP contribution in [0.15, 0.2) is 42.9 Å². The monoisotopic (exact) mass is 392 g/mol. The van der Waals surface area contributed by atoms with Crippen molar-refractivity contribution in [2.45, 2.75) is 6.04 Å². The van der Waals surface area contributed by atoms with Gasteiger partial charge in [0.25, 0.3) is 0 Å². The first-order chi connectivity index (χ1) is 14.2. The van der Waals surface area contributed by atoms with Crippen molar-refractivity contribution >= 4 is 22.8 Å². The lowest BCUT2D eigenvalue weighted by atomic mass is 10.0. The molecule has 0 spiro atoms. The Balaban J connectivity index is 1.57. The average molecular weight is 392 g/mol. The third-order valence-electron chi connectivity index (χ3n) is 5.03. The number of carboxylic acids is 1. The van der Waals surface area contributed by atoms with E-state index < -0.39 is 12.0 Å². The van der Waals surface area contributed by atoms with E-state index in [1.165, 1.54) is 0 Å². The van der Waals surface area contributed by atoms with Gasteiger partial charge in [0.2, 0.25) is 5.95 Å². The number of ether oxygens (including phenoxy) is 1. The molecule has 148 valence electrons. The summed E-state index contributed by atoms with van der Waals surface area (Å²) >= 11 is 0. The number of aromatic nitrogens is 3. The number of nitrogens with zero attached hydrogens (tertiary/aromatic N) is 5. The molecule has 3 heterocycles. The van der Waals surface area contributed by atoms with Gasteiger partial charge in [-0.2, -0.15) is 5.26 Å². The molecular weight excluding hydrogens is 372 g/mol. The maximum atomic E-state index is 12.2. The Bertz CT molecular complexity index is 1040. The Hall–Kier alpha value is -3.64. The van der Waals surface area contributed by atoms with Crippen molar-refractivity contribution in [2.24, 2.45) is 0 Å². The number of nitriles is 1. The third kappa shape index (κ3) is 3.83. The van der Waals surface area contributed by atoms with Crippen molar-refractivity contribution < 1.29 is 14.6 Å². The molecule has 1 saturated heterocycles. The number of carbonyl (C=O) groups is 1. The smallest absolute Gasteiger partial charge is 0.325 e. The Morgan fingerprint density at radius 2 is 2.03 bits per heavy atom. The van der Waals surface area contributed by atoms with Crippen molar-refractivity contribution in [3.63, 3.8) is 0 Å². The maximum Gasteiger partial charge on any atom is 0.325 e. The molecule has 2 aromatic heterocycles. The van der Waals surface area contributed by atoms with Crippen molar-refractivity contribution in [3.8, 4) is 11.8 Å². The van der Waals surface area contributed by atoms with Gasteiger partial charge in [-0.25, -0.2) is 9.97 Å². The number of benzene rings is 1. The van der Waals surface area contributed by atoms with Crippen LogP contribution in [-0.4, -0.2) is 63.7 Å². The van der Waals surface area contributed by atoms with E-state index in [0.29, 0.717) is 43.4 Å². The highest BCUT2D eigenvalue weighted by Gasteiger charge is 2.32. The SMILES string of the molecule is N#CCOc1ccc2[nH]cc(C(C(=O)O)N3CCN(c4ncccn4)CC3)c2c1. The zero-order valence-electron chi connectivity index (χ0n) is 15.7. The largest absolute Gasteiger partial charge is 0.480 e. The number of aliphatic carboxylic acids is 1. The second-order valence-electron chi connectivity index (χ2n) is 6.71. The highest BCUT2D eigenvalue weighted by molar-refractivity contribution is 5.90. The fraction of sp³-hybridized carbons (Fsp3) is 0.300. The van der Waals surface area contributed by atoms with E-state index in [1.54, 1.807) is 36.8 Å². The summed E-state index contributed by atoms with van der Waals surface area (Å²) < 4.78 is 5.38. The van der Waals surface area contributed by atoms with Crippen LogP contribution in [0.4, 0.5) is 5.95 Å². The number of H-pyrrole nitrogens is 1. The van der Waals surface area contributed by atoms with Crippen LogP contribution >= 0.6 is 0 Å². The number of anilines is 1. The lowest BCUT2D eigenvalue weighted by Gasteiger charge is -2.37. The van der Waals surface area contributed by atoms with Gasteiger partial charge in [-0.05, 0) is 24.3 Å². The molecule has 1 aliphatic heterocycles. The van der Waals surface area contributed by atoms with E-state index in [1.807, 2.05) is 17.0 Å². The number of nitrogens with one attached hydrogen (secondary N) is 1. The molecule has 0 radical (unpaired) electrons. The molecule has 1 aromatic carbocycles. The topological polar surface area (TPSA) is 118 Å². The maximum absolute atomic E-state index is 12.2. The molecule has 9 heteroatoms. The lowest BCUT2D eigenvalue weighted by molar-refractivity contribution is -0.143. The number of piperazine rings is 1. The first-order valence-corrected chi connectivity index (χ1v) is 9.27. The summed E-state index contributed by atoms with van der Waals surface area (Å²) in [6, 6.07) is 8.29. The minimum absolute atomic E-state index is 0.0584. The van der Waals surface area contributed by atoms with Gasteiger partial charge < -0.3 is 19.7 Å². The predicted molar refractivity (Wildman–Crippen MR) is 106 cm³/mol. The van der Waals surface area contributed by atoms with Crippen LogP contribution in [-0.2, 0) is 4.79 Å². The quantitative estimate of drug-likeness (QED) is 0.652. The standard InChI is InChI=1S/C20H20N6O3/c21-4-11-29-14-2-3-17-15(12-14)16(13-24-17)18(19(27)28)25-7-9-26(10-8-25)20-22-5-1-6-23-20/h1-3,5-6,12-13,18,24H,7-11H2,(H,27,28). The van der Waals surface area contributed by atoms with Crippen LogP contribution in [0.2, 0.25) is 0 Å². The van der Waals surface area contributed by atoms with E-state index >= 15 is 0 Å². The Kier molecular flexibility index (Phi) is 5.27. The van der Waals surface area contributed by atoms with Crippen LogP contribution in [0.5, 0.6) is 5.75 Å². The number of fused-ring (bicyclic) bond motifs is 1. The van der Waals surface area contributed by atoms with Gasteiger partial charge in [0.15, 0.2) is 6.61 Å². The summed E-state index contributed by atoms with van der Waals surface area (Å²) in [5, 5.41) is 19.5. The fourth-order valence-corrected chi connectivity index (χ4v) is 3.67. The number of rotatable bonds is 6. The number of hydrogen-bond acceptors (Lipinski definition) is 7. The third-order valence-corrected chi connectivity index (χ3v) is 5.03.